The average Bonchev–Trinajstić information content (AvgIpc) is 3.38. The molecule has 15 heteroatoms. The minimum atomic E-state index is -1.11. The van der Waals surface area contributed by atoms with Gasteiger partial charge < -0.3 is 39.4 Å². The predicted molar refractivity (Wildman–Crippen MR) is 265 cm³/mol. The van der Waals surface area contributed by atoms with Crippen molar-refractivity contribution >= 4 is 17.3 Å². The topological polar surface area (TPSA) is 176 Å². The van der Waals surface area contributed by atoms with Crippen LogP contribution >= 0.6 is 0 Å². The number of phenols is 4. The van der Waals surface area contributed by atoms with E-state index in [1.165, 1.54) is 38.5 Å². The molecule has 13 nitrogen and oxygen atoms in total. The van der Waals surface area contributed by atoms with Crippen molar-refractivity contribution in [2.45, 2.75) is 77.5 Å². The minimum Gasteiger partial charge on any atom is -0.508 e. The molecule has 2 aliphatic heterocycles. The lowest BCUT2D eigenvalue weighted by Gasteiger charge is -2.41. The Labute approximate surface area is 416 Å². The number of nitrogens with zero attached hydrogens (tertiary/aromatic N) is 2. The van der Waals surface area contributed by atoms with Crippen LogP contribution in [0.25, 0.3) is 0 Å². The van der Waals surface area contributed by atoms with Gasteiger partial charge in [-0.05, 0) is 156 Å². The first-order valence-electron chi connectivity index (χ1n) is 23.9. The molecule has 0 spiro atoms. The lowest BCUT2D eigenvalue weighted by molar-refractivity contribution is -0.130. The maximum atomic E-state index is 16.6. The van der Waals surface area contributed by atoms with Crippen LogP contribution < -0.4 is 18.9 Å². The zero-order valence-electron chi connectivity index (χ0n) is 41.1. The van der Waals surface area contributed by atoms with Gasteiger partial charge in [0.05, 0.1) is 51.6 Å². The number of hydrogen-bond acceptors (Lipinski definition) is 13. The van der Waals surface area contributed by atoms with Crippen molar-refractivity contribution in [2.24, 2.45) is 0 Å². The standard InChI is InChI=1S/C57H58F2N2O11/c1-7-39-41(53(47(64)27-45(39)62)55(66)31-9-13-37(58)14-10-31)25-43(60-19-17-33-21-49(69-3)51(71-5)23-35(33)29-60)57(68)44(61-20-18-34-22-50(70-4)52(72-6)24-36(34)30-61)26-42-40(8-2)46(63)28-48(65)54(42)56(67)32-11-15-38(59)16-12-32/h9-16,21-24,27-28,43-44,62-65H,7-8,17-20,25-26,29-30H2,1-6H3. The summed E-state index contributed by atoms with van der Waals surface area (Å²) in [7, 11) is 6.16. The quantitative estimate of drug-likeness (QED) is 0.0603. The summed E-state index contributed by atoms with van der Waals surface area (Å²) in [4.78, 5) is 49.7. The van der Waals surface area contributed by atoms with Gasteiger partial charge >= 0.3 is 0 Å². The van der Waals surface area contributed by atoms with Crippen LogP contribution in [0.1, 0.15) is 90.2 Å². The van der Waals surface area contributed by atoms with Crippen LogP contribution in [0.4, 0.5) is 8.78 Å². The van der Waals surface area contributed by atoms with E-state index in [9.17, 15) is 38.8 Å². The molecule has 4 N–H and O–H groups in total. The van der Waals surface area contributed by atoms with Crippen LogP contribution in [0.5, 0.6) is 46.0 Å². The molecule has 6 aromatic carbocycles. The number of rotatable bonds is 18. The number of carbonyl (C=O) groups excluding carboxylic acids is 3. The van der Waals surface area contributed by atoms with Crippen LogP contribution in [-0.4, -0.2) is 101 Å². The lowest BCUT2D eigenvalue weighted by atomic mass is 9.82. The normalized spacial score (nSPS) is 14.4. The SMILES string of the molecule is CCc1c(O)cc(O)c(C(=O)c2ccc(F)cc2)c1CC(C(=O)C(Cc1c(CC)c(O)cc(O)c1C(=O)c1ccc(F)cc1)N1CCc2cc(OC)c(OC)cc2C1)N1CCc2cc(OC)c(OC)cc2C1. The zero-order valence-corrected chi connectivity index (χ0v) is 41.1. The highest BCUT2D eigenvalue weighted by Crippen LogP contribution is 2.41. The third-order valence-electron chi connectivity index (χ3n) is 14.2. The number of methoxy groups -OCH3 is 4. The molecule has 0 radical (unpaired) electrons. The first-order valence-corrected chi connectivity index (χ1v) is 23.9. The van der Waals surface area contributed by atoms with E-state index in [0.717, 1.165) is 58.7 Å². The Morgan fingerprint density at radius 1 is 0.500 bits per heavy atom. The predicted octanol–water partition coefficient (Wildman–Crippen LogP) is 8.62. The van der Waals surface area contributed by atoms with Gasteiger partial charge in [-0.1, -0.05) is 13.8 Å². The second-order valence-electron chi connectivity index (χ2n) is 18.1. The van der Waals surface area contributed by atoms with E-state index in [1.54, 1.807) is 28.1 Å². The van der Waals surface area contributed by atoms with Crippen LogP contribution in [-0.2, 0) is 56.4 Å². The molecule has 0 amide bonds. The Balaban J connectivity index is 1.34. The maximum absolute atomic E-state index is 16.6. The minimum absolute atomic E-state index is 0.0718. The second kappa shape index (κ2) is 21.5. The molecule has 0 aliphatic carbocycles. The Bertz CT molecular complexity index is 2850. The number of Topliss-reactive ketones (excluding diaryl/α,β-unsaturated/α-hetero) is 1. The maximum Gasteiger partial charge on any atom is 0.197 e. The number of benzene rings is 6. The summed E-state index contributed by atoms with van der Waals surface area (Å²) in [6.45, 7) is 4.67. The molecule has 0 saturated heterocycles. The van der Waals surface area contributed by atoms with Gasteiger partial charge in [0.2, 0.25) is 0 Å². The summed E-state index contributed by atoms with van der Waals surface area (Å²) in [5, 5.41) is 46.3. The van der Waals surface area contributed by atoms with Gasteiger partial charge in [0.25, 0.3) is 0 Å². The van der Waals surface area contributed by atoms with E-state index in [2.05, 4.69) is 0 Å². The summed E-state index contributed by atoms with van der Waals surface area (Å²) < 4.78 is 51.1. The number of halogens is 2. The zero-order chi connectivity index (χ0) is 51.5. The molecular weight excluding hydrogens is 927 g/mol. The van der Waals surface area contributed by atoms with Crippen molar-refractivity contribution < 1.29 is 62.5 Å². The Hall–Kier alpha value is -7.49. The molecule has 8 rings (SSSR count). The van der Waals surface area contributed by atoms with Crippen LogP contribution in [0.15, 0.2) is 84.9 Å². The molecule has 376 valence electrons. The highest BCUT2D eigenvalue weighted by atomic mass is 19.1. The van der Waals surface area contributed by atoms with Gasteiger partial charge in [0.15, 0.2) is 40.3 Å². The van der Waals surface area contributed by atoms with Crippen LogP contribution in [0, 0.1) is 11.6 Å². The van der Waals surface area contributed by atoms with Crippen LogP contribution in [0.3, 0.4) is 0 Å². The molecule has 0 bridgehead atoms. The van der Waals surface area contributed by atoms with E-state index in [0.29, 0.717) is 60.1 Å². The smallest absolute Gasteiger partial charge is 0.197 e. The lowest BCUT2D eigenvalue weighted by Crippen LogP contribution is -2.55. The van der Waals surface area contributed by atoms with Crippen molar-refractivity contribution in [3.8, 4) is 46.0 Å². The summed E-state index contributed by atoms with van der Waals surface area (Å²) in [5.74, 6) is -2.39. The van der Waals surface area contributed by atoms with Gasteiger partial charge in [-0.25, -0.2) is 8.78 Å². The van der Waals surface area contributed by atoms with Crippen molar-refractivity contribution in [1.29, 1.82) is 0 Å². The number of hydrogen-bond donors (Lipinski definition) is 4. The van der Waals surface area contributed by atoms with Gasteiger partial charge in [-0.15, -0.1) is 0 Å². The highest BCUT2D eigenvalue weighted by molar-refractivity contribution is 6.13. The number of ether oxygens (including phenoxy) is 4. The van der Waals surface area contributed by atoms with E-state index in [4.69, 9.17) is 18.9 Å². The molecular formula is C57H58F2N2O11. The monoisotopic (exact) mass is 984 g/mol. The van der Waals surface area contributed by atoms with Crippen molar-refractivity contribution in [3.63, 3.8) is 0 Å². The number of phenolic OH excluding ortho intramolecular Hbond substituents is 4. The third kappa shape index (κ3) is 9.91. The van der Waals surface area contributed by atoms with Gasteiger partial charge in [-0.2, -0.15) is 0 Å². The average molecular weight is 985 g/mol. The molecule has 2 aliphatic rings. The fourth-order valence-electron chi connectivity index (χ4n) is 10.5. The van der Waals surface area contributed by atoms with Crippen molar-refractivity contribution in [1.82, 2.24) is 9.80 Å². The summed E-state index contributed by atoms with van der Waals surface area (Å²) in [6.07, 6.45) is 0.920. The molecule has 0 fully saturated rings. The van der Waals surface area contributed by atoms with E-state index in [-0.39, 0.29) is 89.4 Å². The van der Waals surface area contributed by atoms with Gasteiger partial charge in [-0.3, -0.25) is 24.2 Å². The Morgan fingerprint density at radius 2 is 0.833 bits per heavy atom. The fraction of sp³-hybridized carbons (Fsp3) is 0.316. The van der Waals surface area contributed by atoms with E-state index >= 15 is 4.79 Å². The van der Waals surface area contributed by atoms with Crippen molar-refractivity contribution in [3.05, 3.63) is 163 Å². The highest BCUT2D eigenvalue weighted by Gasteiger charge is 2.41. The molecule has 2 heterocycles. The number of carbonyl (C=O) groups is 3. The Kier molecular flexibility index (Phi) is 15.2. The largest absolute Gasteiger partial charge is 0.508 e. The second-order valence-corrected chi connectivity index (χ2v) is 18.1. The Morgan fingerprint density at radius 3 is 1.15 bits per heavy atom. The molecule has 2 atom stereocenters. The molecule has 6 aromatic rings. The van der Waals surface area contributed by atoms with E-state index in [1.807, 2.05) is 34.1 Å². The fourth-order valence-corrected chi connectivity index (χ4v) is 10.5. The molecule has 72 heavy (non-hydrogen) atoms. The number of aromatic hydroxyl groups is 4. The summed E-state index contributed by atoms with van der Waals surface area (Å²) in [5.41, 5.74) is 4.54. The molecule has 0 aromatic heterocycles. The summed E-state index contributed by atoms with van der Waals surface area (Å²) >= 11 is 0. The molecule has 0 saturated carbocycles. The van der Waals surface area contributed by atoms with Gasteiger partial charge in [0.1, 0.15) is 34.6 Å². The number of fused-ring (bicyclic) bond motifs is 2. The first-order chi connectivity index (χ1) is 34.6. The van der Waals surface area contributed by atoms with Crippen LogP contribution in [0.2, 0.25) is 0 Å². The third-order valence-corrected chi connectivity index (χ3v) is 14.2. The summed E-state index contributed by atoms with van der Waals surface area (Å²) in [6, 6.07) is 17.3. The first kappa shape index (κ1) is 50.9. The van der Waals surface area contributed by atoms with Crippen molar-refractivity contribution in [2.75, 3.05) is 41.5 Å². The van der Waals surface area contributed by atoms with Gasteiger partial charge in [0, 0.05) is 49.4 Å². The van der Waals surface area contributed by atoms with E-state index < -0.39 is 46.8 Å². The number of ketones is 3. The molecule has 2 unspecified atom stereocenters.